The van der Waals surface area contributed by atoms with Gasteiger partial charge in [-0.2, -0.15) is 0 Å². The molecule has 0 fully saturated rings. The predicted molar refractivity (Wildman–Crippen MR) is 73.9 cm³/mol. The van der Waals surface area contributed by atoms with Gasteiger partial charge in [0.2, 0.25) is 5.88 Å². The molecule has 0 aliphatic rings. The lowest BCUT2D eigenvalue weighted by molar-refractivity contribution is 0.393. The van der Waals surface area contributed by atoms with E-state index in [1.54, 1.807) is 24.5 Å². The highest BCUT2D eigenvalue weighted by molar-refractivity contribution is 7.11. The maximum atomic E-state index is 5.61. The Labute approximate surface area is 116 Å². The summed E-state index contributed by atoms with van der Waals surface area (Å²) in [7, 11) is 1.57. The van der Waals surface area contributed by atoms with Gasteiger partial charge in [0.15, 0.2) is 0 Å². The van der Waals surface area contributed by atoms with Crippen LogP contribution in [0.4, 0.5) is 0 Å². The van der Waals surface area contributed by atoms with Gasteiger partial charge in [-0.3, -0.25) is 11.3 Å². The molecule has 0 aliphatic heterocycles. The van der Waals surface area contributed by atoms with Crippen molar-refractivity contribution >= 4 is 11.3 Å². The summed E-state index contributed by atoms with van der Waals surface area (Å²) in [6, 6.07) is 1.67. The second kappa shape index (κ2) is 6.05. The second-order valence-corrected chi connectivity index (χ2v) is 5.45. The van der Waals surface area contributed by atoms with Crippen LogP contribution in [0.5, 0.6) is 5.88 Å². The van der Waals surface area contributed by atoms with Gasteiger partial charge in [0.1, 0.15) is 6.33 Å². The topological polar surface area (TPSA) is 86.0 Å². The minimum atomic E-state index is -0.109. The van der Waals surface area contributed by atoms with Crippen LogP contribution in [0.3, 0.4) is 0 Å². The molecular formula is C12H17N5OS. The summed E-state index contributed by atoms with van der Waals surface area (Å²) in [5.41, 5.74) is 4.63. The molecule has 2 heterocycles. The number of thiazole rings is 1. The largest absolute Gasteiger partial charge is 0.481 e. The molecular weight excluding hydrogens is 262 g/mol. The minimum absolute atomic E-state index is 0.109. The first-order valence-corrected chi connectivity index (χ1v) is 6.70. The first kappa shape index (κ1) is 13.9. The molecule has 2 aromatic rings. The summed E-state index contributed by atoms with van der Waals surface area (Å²) in [5, 5.41) is 1.04. The van der Waals surface area contributed by atoms with E-state index in [0.29, 0.717) is 12.3 Å². The van der Waals surface area contributed by atoms with Crippen LogP contribution in [0.1, 0.15) is 27.3 Å². The van der Waals surface area contributed by atoms with Crippen LogP contribution in [0.15, 0.2) is 12.4 Å². The molecule has 0 aromatic carbocycles. The second-order valence-electron chi connectivity index (χ2n) is 4.16. The van der Waals surface area contributed by atoms with Crippen molar-refractivity contribution in [1.82, 2.24) is 20.4 Å². The monoisotopic (exact) mass is 279 g/mol. The molecule has 0 bridgehead atoms. The van der Waals surface area contributed by atoms with Gasteiger partial charge in [-0.1, -0.05) is 0 Å². The number of methoxy groups -OCH3 is 1. The number of aryl methyl sites for hydroxylation is 2. The van der Waals surface area contributed by atoms with Gasteiger partial charge in [0.05, 0.1) is 29.5 Å². The molecule has 3 N–H and O–H groups in total. The van der Waals surface area contributed by atoms with E-state index in [1.807, 2.05) is 6.92 Å². The van der Waals surface area contributed by atoms with Gasteiger partial charge >= 0.3 is 0 Å². The number of hydrogen-bond donors (Lipinski definition) is 2. The van der Waals surface area contributed by atoms with Crippen LogP contribution in [0.25, 0.3) is 0 Å². The fraction of sp³-hybridized carbons (Fsp3) is 0.417. The molecule has 7 heteroatoms. The number of hydrogen-bond acceptors (Lipinski definition) is 7. The molecule has 6 nitrogen and oxygen atoms in total. The average Bonchev–Trinajstić information content (AvgIpc) is 2.75. The summed E-state index contributed by atoms with van der Waals surface area (Å²) in [5.74, 6) is 6.14. The summed E-state index contributed by atoms with van der Waals surface area (Å²) in [6.45, 7) is 4.07. The Morgan fingerprint density at radius 1 is 1.42 bits per heavy atom. The third kappa shape index (κ3) is 3.25. The summed E-state index contributed by atoms with van der Waals surface area (Å²) in [4.78, 5) is 14.0. The van der Waals surface area contributed by atoms with E-state index in [4.69, 9.17) is 10.6 Å². The van der Waals surface area contributed by atoms with Crippen LogP contribution >= 0.6 is 11.3 Å². The molecule has 1 atom stereocenters. The summed E-state index contributed by atoms with van der Waals surface area (Å²) < 4.78 is 5.09. The van der Waals surface area contributed by atoms with Gasteiger partial charge in [0, 0.05) is 17.4 Å². The molecule has 0 saturated heterocycles. The summed E-state index contributed by atoms with van der Waals surface area (Å²) in [6.07, 6.45) is 2.16. The fourth-order valence-corrected chi connectivity index (χ4v) is 2.69. The van der Waals surface area contributed by atoms with Crippen molar-refractivity contribution < 1.29 is 4.74 Å². The van der Waals surface area contributed by atoms with E-state index < -0.39 is 0 Å². The Bertz CT molecular complexity index is 537. The lowest BCUT2D eigenvalue weighted by atomic mass is 10.1. The zero-order valence-electron chi connectivity index (χ0n) is 11.2. The quantitative estimate of drug-likeness (QED) is 0.634. The van der Waals surface area contributed by atoms with Gasteiger partial charge < -0.3 is 4.74 Å². The first-order chi connectivity index (χ1) is 9.13. The number of hydrazine groups is 1. The predicted octanol–water partition coefficient (Wildman–Crippen LogP) is 1.31. The number of aromatic nitrogens is 3. The van der Waals surface area contributed by atoms with Crippen molar-refractivity contribution in [1.29, 1.82) is 0 Å². The molecule has 2 rings (SSSR count). The number of nitrogens with zero attached hydrogens (tertiary/aromatic N) is 3. The lowest BCUT2D eigenvalue weighted by Crippen LogP contribution is -2.30. The standard InChI is InChI=1S/C12H17N5OS/c1-7-8(2)19-12(16-7)5-10(17-13)9-4-11(18-3)15-6-14-9/h4,6,10,17H,5,13H2,1-3H3. The van der Waals surface area contributed by atoms with Crippen molar-refractivity contribution in [2.24, 2.45) is 5.84 Å². The van der Waals surface area contributed by atoms with Crippen LogP contribution in [0.2, 0.25) is 0 Å². The molecule has 0 spiro atoms. The van der Waals surface area contributed by atoms with Gasteiger partial charge in [0.25, 0.3) is 0 Å². The number of nitrogens with one attached hydrogen (secondary N) is 1. The third-order valence-electron chi connectivity index (χ3n) is 2.88. The highest BCUT2D eigenvalue weighted by Crippen LogP contribution is 2.23. The smallest absolute Gasteiger partial charge is 0.216 e. The number of rotatable bonds is 5. The molecule has 0 amide bonds. The van der Waals surface area contributed by atoms with Crippen molar-refractivity contribution in [2.75, 3.05) is 7.11 Å². The zero-order chi connectivity index (χ0) is 13.8. The highest BCUT2D eigenvalue weighted by atomic mass is 32.1. The SMILES string of the molecule is COc1cc(C(Cc2nc(C)c(C)s2)NN)ncn1. The van der Waals surface area contributed by atoms with Crippen molar-refractivity contribution in [3.63, 3.8) is 0 Å². The normalized spacial score (nSPS) is 12.4. The molecule has 102 valence electrons. The maximum Gasteiger partial charge on any atom is 0.216 e. The van der Waals surface area contributed by atoms with Crippen LogP contribution in [-0.2, 0) is 6.42 Å². The van der Waals surface area contributed by atoms with Gasteiger partial charge in [-0.05, 0) is 13.8 Å². The fourth-order valence-electron chi connectivity index (χ4n) is 1.71. The lowest BCUT2D eigenvalue weighted by Gasteiger charge is -2.14. The number of nitrogens with two attached hydrogens (primary N) is 1. The molecule has 19 heavy (non-hydrogen) atoms. The van der Waals surface area contributed by atoms with E-state index in [2.05, 4.69) is 27.3 Å². The molecule has 0 saturated carbocycles. The highest BCUT2D eigenvalue weighted by Gasteiger charge is 2.16. The van der Waals surface area contributed by atoms with E-state index in [-0.39, 0.29) is 6.04 Å². The molecule has 2 aromatic heterocycles. The van der Waals surface area contributed by atoms with E-state index in [0.717, 1.165) is 16.4 Å². The average molecular weight is 279 g/mol. The molecule has 0 aliphatic carbocycles. The van der Waals surface area contributed by atoms with Crippen LogP contribution in [-0.4, -0.2) is 22.1 Å². The Kier molecular flexibility index (Phi) is 4.41. The maximum absolute atomic E-state index is 5.61. The van der Waals surface area contributed by atoms with E-state index in [9.17, 15) is 0 Å². The molecule has 0 radical (unpaired) electrons. The van der Waals surface area contributed by atoms with E-state index in [1.165, 1.54) is 11.2 Å². The Balaban J connectivity index is 2.19. The number of ether oxygens (including phenoxy) is 1. The Morgan fingerprint density at radius 2 is 2.21 bits per heavy atom. The van der Waals surface area contributed by atoms with Crippen molar-refractivity contribution in [2.45, 2.75) is 26.3 Å². The summed E-state index contributed by atoms with van der Waals surface area (Å²) >= 11 is 1.68. The molecule has 1 unspecified atom stereocenters. The van der Waals surface area contributed by atoms with Gasteiger partial charge in [-0.15, -0.1) is 11.3 Å². The van der Waals surface area contributed by atoms with Crippen molar-refractivity contribution in [3.8, 4) is 5.88 Å². The van der Waals surface area contributed by atoms with Crippen LogP contribution < -0.4 is 16.0 Å². The van der Waals surface area contributed by atoms with E-state index >= 15 is 0 Å². The van der Waals surface area contributed by atoms with Gasteiger partial charge in [-0.25, -0.2) is 15.0 Å². The first-order valence-electron chi connectivity index (χ1n) is 5.89. The van der Waals surface area contributed by atoms with Crippen LogP contribution in [0, 0.1) is 13.8 Å². The minimum Gasteiger partial charge on any atom is -0.481 e. The van der Waals surface area contributed by atoms with Crippen molar-refractivity contribution in [3.05, 3.63) is 33.7 Å². The Hall–Kier alpha value is -1.57. The Morgan fingerprint density at radius 3 is 2.79 bits per heavy atom. The third-order valence-corrected chi connectivity index (χ3v) is 3.98. The zero-order valence-corrected chi connectivity index (χ0v) is 12.0.